The second-order valence-electron chi connectivity index (χ2n) is 8.35. The van der Waals surface area contributed by atoms with Crippen molar-refractivity contribution < 1.29 is 22.4 Å². The highest BCUT2D eigenvalue weighted by Crippen LogP contribution is 2.41. The van der Waals surface area contributed by atoms with Gasteiger partial charge in [-0.05, 0) is 50.1 Å². The number of hydrogen-bond donors (Lipinski definition) is 2. The SMILES string of the molecule is CC(C)N1CCc2c(sc3c2C(=O)NC(c2ccc(-c4cccc(C(F)(F)F)c4)o2)N3)C1. The van der Waals surface area contributed by atoms with E-state index in [-0.39, 0.29) is 5.91 Å². The van der Waals surface area contributed by atoms with Crippen LogP contribution in [0.4, 0.5) is 18.2 Å². The Hall–Kier alpha value is -2.78. The molecule has 2 aliphatic rings. The van der Waals surface area contributed by atoms with Crippen LogP contribution in [0.2, 0.25) is 0 Å². The molecule has 9 heteroatoms. The number of nitrogens with one attached hydrogen (secondary N) is 2. The molecule has 1 amide bonds. The van der Waals surface area contributed by atoms with Crippen LogP contribution >= 0.6 is 11.3 Å². The van der Waals surface area contributed by atoms with Crippen molar-refractivity contribution in [1.29, 1.82) is 0 Å². The summed E-state index contributed by atoms with van der Waals surface area (Å²) in [5.41, 5.74) is 1.40. The molecule has 1 atom stereocenters. The molecule has 0 radical (unpaired) electrons. The predicted molar refractivity (Wildman–Crippen MR) is 117 cm³/mol. The average molecular weight is 462 g/mol. The van der Waals surface area contributed by atoms with E-state index >= 15 is 0 Å². The van der Waals surface area contributed by atoms with Crippen molar-refractivity contribution in [2.45, 2.75) is 45.2 Å². The predicted octanol–water partition coefficient (Wildman–Crippen LogP) is 5.65. The number of alkyl halides is 3. The van der Waals surface area contributed by atoms with E-state index in [1.807, 2.05) is 0 Å². The first-order valence-corrected chi connectivity index (χ1v) is 11.3. The van der Waals surface area contributed by atoms with E-state index in [1.165, 1.54) is 10.9 Å². The third-order valence-electron chi connectivity index (χ3n) is 5.98. The lowest BCUT2D eigenvalue weighted by atomic mass is 10.0. The molecule has 0 aliphatic carbocycles. The van der Waals surface area contributed by atoms with Gasteiger partial charge in [0.15, 0.2) is 6.17 Å². The van der Waals surface area contributed by atoms with Crippen molar-refractivity contribution in [3.05, 3.63) is 63.7 Å². The number of thiophene rings is 1. The highest BCUT2D eigenvalue weighted by atomic mass is 32.1. The third-order valence-corrected chi connectivity index (χ3v) is 7.13. The molecule has 2 aliphatic heterocycles. The van der Waals surface area contributed by atoms with Gasteiger partial charge < -0.3 is 15.1 Å². The Balaban J connectivity index is 1.40. The summed E-state index contributed by atoms with van der Waals surface area (Å²) < 4.78 is 45.0. The van der Waals surface area contributed by atoms with E-state index in [4.69, 9.17) is 4.42 Å². The Morgan fingerprint density at radius 2 is 2.00 bits per heavy atom. The molecule has 0 spiro atoms. The summed E-state index contributed by atoms with van der Waals surface area (Å²) in [5, 5.41) is 7.08. The molecule has 2 aromatic heterocycles. The lowest BCUT2D eigenvalue weighted by Crippen LogP contribution is -2.39. The smallest absolute Gasteiger partial charge is 0.416 e. The fourth-order valence-corrected chi connectivity index (χ4v) is 5.53. The van der Waals surface area contributed by atoms with Gasteiger partial charge in [0.2, 0.25) is 0 Å². The van der Waals surface area contributed by atoms with Crippen LogP contribution in [0.3, 0.4) is 0 Å². The summed E-state index contributed by atoms with van der Waals surface area (Å²) in [5.74, 6) is 0.592. The molecule has 2 N–H and O–H groups in total. The van der Waals surface area contributed by atoms with Crippen molar-refractivity contribution >= 4 is 22.2 Å². The van der Waals surface area contributed by atoms with E-state index in [9.17, 15) is 18.0 Å². The molecule has 1 unspecified atom stereocenters. The van der Waals surface area contributed by atoms with E-state index in [1.54, 1.807) is 29.5 Å². The van der Waals surface area contributed by atoms with Gasteiger partial charge in [0.25, 0.3) is 5.91 Å². The maximum absolute atomic E-state index is 13.0. The lowest BCUT2D eigenvalue weighted by molar-refractivity contribution is -0.137. The molecular formula is C23H22F3N3O2S. The number of carbonyl (C=O) groups excluding carboxylic acids is 1. The van der Waals surface area contributed by atoms with Gasteiger partial charge in [0.05, 0.1) is 11.1 Å². The van der Waals surface area contributed by atoms with Gasteiger partial charge in [0, 0.05) is 29.6 Å². The molecule has 0 bridgehead atoms. The summed E-state index contributed by atoms with van der Waals surface area (Å²) in [7, 11) is 0. The fourth-order valence-electron chi connectivity index (χ4n) is 4.23. The molecule has 5 nitrogen and oxygen atoms in total. The van der Waals surface area contributed by atoms with Gasteiger partial charge in [-0.2, -0.15) is 13.2 Å². The normalized spacial score (nSPS) is 18.8. The van der Waals surface area contributed by atoms with Gasteiger partial charge >= 0.3 is 6.18 Å². The molecule has 5 rings (SSSR count). The second kappa shape index (κ2) is 7.67. The maximum atomic E-state index is 13.0. The standard InChI is InChI=1S/C23H22F3N3O2S/c1-12(2)29-9-8-15-18(11-29)32-22-19(15)21(30)27-20(28-22)17-7-6-16(31-17)13-4-3-5-14(10-13)23(24,25)26/h3-7,10,12,20,28H,8-9,11H2,1-2H3,(H,27,30). The second-order valence-corrected chi connectivity index (χ2v) is 9.46. The summed E-state index contributed by atoms with van der Waals surface area (Å²) in [6, 6.07) is 8.73. The lowest BCUT2D eigenvalue weighted by Gasteiger charge is -2.30. The largest absolute Gasteiger partial charge is 0.457 e. The van der Waals surface area contributed by atoms with Gasteiger partial charge in [-0.3, -0.25) is 9.69 Å². The van der Waals surface area contributed by atoms with Crippen LogP contribution < -0.4 is 10.6 Å². The zero-order valence-corrected chi connectivity index (χ0v) is 18.4. The number of nitrogens with zero attached hydrogens (tertiary/aromatic N) is 1. The van der Waals surface area contributed by atoms with Crippen LogP contribution in [0.15, 0.2) is 40.8 Å². The first-order valence-electron chi connectivity index (χ1n) is 10.4. The molecule has 0 saturated carbocycles. The molecule has 32 heavy (non-hydrogen) atoms. The van der Waals surface area contributed by atoms with Crippen LogP contribution in [0, 0.1) is 0 Å². The Kier molecular flexibility index (Phi) is 5.05. The zero-order chi connectivity index (χ0) is 22.6. The monoisotopic (exact) mass is 461 g/mol. The molecule has 0 saturated heterocycles. The van der Waals surface area contributed by atoms with Crippen molar-refractivity contribution in [1.82, 2.24) is 10.2 Å². The molecule has 168 valence electrons. The highest BCUT2D eigenvalue weighted by Gasteiger charge is 2.35. The number of halogens is 3. The minimum atomic E-state index is -4.43. The number of benzene rings is 1. The Morgan fingerprint density at radius 3 is 2.75 bits per heavy atom. The zero-order valence-electron chi connectivity index (χ0n) is 17.5. The number of amides is 1. The van der Waals surface area contributed by atoms with Crippen molar-refractivity contribution in [3.8, 4) is 11.3 Å². The van der Waals surface area contributed by atoms with Gasteiger partial charge in [-0.25, -0.2) is 0 Å². The Morgan fingerprint density at radius 1 is 1.19 bits per heavy atom. The first-order chi connectivity index (χ1) is 15.2. The minimum Gasteiger partial charge on any atom is -0.457 e. The third kappa shape index (κ3) is 3.69. The van der Waals surface area contributed by atoms with E-state index in [0.29, 0.717) is 28.7 Å². The molecule has 0 fully saturated rings. The van der Waals surface area contributed by atoms with E-state index in [2.05, 4.69) is 29.4 Å². The van der Waals surface area contributed by atoms with Gasteiger partial charge in [0.1, 0.15) is 16.5 Å². The topological polar surface area (TPSA) is 57.5 Å². The highest BCUT2D eigenvalue weighted by molar-refractivity contribution is 7.16. The molecule has 1 aromatic carbocycles. The van der Waals surface area contributed by atoms with E-state index < -0.39 is 17.9 Å². The Labute approximate surface area is 187 Å². The number of furan rings is 1. The van der Waals surface area contributed by atoms with Crippen molar-refractivity contribution in [2.75, 3.05) is 11.9 Å². The summed E-state index contributed by atoms with van der Waals surface area (Å²) in [6.45, 7) is 6.07. The van der Waals surface area contributed by atoms with E-state index in [0.717, 1.165) is 42.2 Å². The number of rotatable bonds is 3. The van der Waals surface area contributed by atoms with Crippen LogP contribution in [0.25, 0.3) is 11.3 Å². The summed E-state index contributed by atoms with van der Waals surface area (Å²) in [4.78, 5) is 16.5. The minimum absolute atomic E-state index is 0.156. The summed E-state index contributed by atoms with van der Waals surface area (Å²) in [6.07, 6.45) is -4.18. The first kappa shape index (κ1) is 21.1. The average Bonchev–Trinajstić information content (AvgIpc) is 3.37. The quantitative estimate of drug-likeness (QED) is 0.530. The number of hydrogen-bond acceptors (Lipinski definition) is 5. The van der Waals surface area contributed by atoms with Crippen LogP contribution in [-0.2, 0) is 19.1 Å². The maximum Gasteiger partial charge on any atom is 0.416 e. The molecule has 3 aromatic rings. The number of anilines is 1. The fraction of sp³-hybridized carbons (Fsp3) is 0.348. The number of fused-ring (bicyclic) bond motifs is 3. The Bertz CT molecular complexity index is 1180. The summed E-state index contributed by atoms with van der Waals surface area (Å²) >= 11 is 1.59. The van der Waals surface area contributed by atoms with Crippen molar-refractivity contribution in [3.63, 3.8) is 0 Å². The van der Waals surface area contributed by atoms with Crippen LogP contribution in [-0.4, -0.2) is 23.4 Å². The number of carbonyl (C=O) groups is 1. The van der Waals surface area contributed by atoms with Crippen molar-refractivity contribution in [2.24, 2.45) is 0 Å². The van der Waals surface area contributed by atoms with Gasteiger partial charge in [-0.1, -0.05) is 12.1 Å². The molecular weight excluding hydrogens is 439 g/mol. The van der Waals surface area contributed by atoms with Crippen LogP contribution in [0.1, 0.15) is 52.1 Å². The van der Waals surface area contributed by atoms with Crippen LogP contribution in [0.5, 0.6) is 0 Å². The molecule has 4 heterocycles. The van der Waals surface area contributed by atoms with Gasteiger partial charge in [-0.15, -0.1) is 11.3 Å².